The molecule has 0 bridgehead atoms. The molecule has 0 unspecified atom stereocenters. The van der Waals surface area contributed by atoms with E-state index in [2.05, 4.69) is 5.32 Å². The lowest BCUT2D eigenvalue weighted by molar-refractivity contribution is -0.134. The molecular weight excluding hydrogens is 204 g/mol. The van der Waals surface area contributed by atoms with E-state index in [1.54, 1.807) is 7.11 Å². The summed E-state index contributed by atoms with van der Waals surface area (Å²) in [5, 5.41) is 3.27. The molecule has 2 saturated heterocycles. The van der Waals surface area contributed by atoms with Crippen molar-refractivity contribution in [3.8, 4) is 0 Å². The largest absolute Gasteiger partial charge is 0.384 e. The van der Waals surface area contributed by atoms with Crippen LogP contribution in [0.1, 0.15) is 25.7 Å². The summed E-state index contributed by atoms with van der Waals surface area (Å²) in [5.74, 6) is 0.957. The highest BCUT2D eigenvalue weighted by Crippen LogP contribution is 2.19. The summed E-state index contributed by atoms with van der Waals surface area (Å²) in [6.07, 6.45) is 4.33. The molecule has 4 heteroatoms. The number of piperidine rings is 1. The zero-order valence-electron chi connectivity index (χ0n) is 10.1. The standard InChI is InChI=1S/C12H22N2O2/c1-16-9-10-4-7-14(8-5-10)12(15)11-3-2-6-13-11/h10-11,13H,2-9H2,1H3/t11-/m0/s1. The van der Waals surface area contributed by atoms with Crippen LogP contribution in [0.25, 0.3) is 0 Å². The van der Waals surface area contributed by atoms with Crippen molar-refractivity contribution >= 4 is 5.91 Å². The molecule has 16 heavy (non-hydrogen) atoms. The van der Waals surface area contributed by atoms with E-state index in [1.807, 2.05) is 4.90 Å². The number of amides is 1. The van der Waals surface area contributed by atoms with Crippen LogP contribution in [0.2, 0.25) is 0 Å². The molecule has 0 aromatic heterocycles. The van der Waals surface area contributed by atoms with E-state index in [-0.39, 0.29) is 6.04 Å². The van der Waals surface area contributed by atoms with Gasteiger partial charge >= 0.3 is 0 Å². The number of methoxy groups -OCH3 is 1. The van der Waals surface area contributed by atoms with E-state index in [0.717, 1.165) is 51.9 Å². The van der Waals surface area contributed by atoms with Crippen LogP contribution in [0.15, 0.2) is 0 Å². The van der Waals surface area contributed by atoms with E-state index >= 15 is 0 Å². The third kappa shape index (κ3) is 2.74. The van der Waals surface area contributed by atoms with Crippen molar-refractivity contribution in [3.63, 3.8) is 0 Å². The van der Waals surface area contributed by atoms with E-state index in [9.17, 15) is 4.79 Å². The molecule has 2 fully saturated rings. The first-order valence-electron chi connectivity index (χ1n) is 6.32. The highest BCUT2D eigenvalue weighted by atomic mass is 16.5. The summed E-state index contributed by atoms with van der Waals surface area (Å²) in [5.41, 5.74) is 0. The van der Waals surface area contributed by atoms with E-state index in [0.29, 0.717) is 11.8 Å². The summed E-state index contributed by atoms with van der Waals surface area (Å²) < 4.78 is 5.16. The highest BCUT2D eigenvalue weighted by molar-refractivity contribution is 5.82. The highest BCUT2D eigenvalue weighted by Gasteiger charge is 2.29. The molecule has 0 aliphatic carbocycles. The minimum atomic E-state index is 0.0963. The number of nitrogens with one attached hydrogen (secondary N) is 1. The maximum Gasteiger partial charge on any atom is 0.239 e. The summed E-state index contributed by atoms with van der Waals surface area (Å²) in [6.45, 7) is 3.65. The molecule has 1 amide bonds. The van der Waals surface area contributed by atoms with Gasteiger partial charge in [0.15, 0.2) is 0 Å². The molecule has 2 aliphatic rings. The third-order valence-corrected chi connectivity index (χ3v) is 3.69. The molecular formula is C12H22N2O2. The predicted molar refractivity (Wildman–Crippen MR) is 62.2 cm³/mol. The number of rotatable bonds is 3. The quantitative estimate of drug-likeness (QED) is 0.767. The molecule has 0 aromatic carbocycles. The molecule has 2 aliphatic heterocycles. The van der Waals surface area contributed by atoms with Gasteiger partial charge in [0.05, 0.1) is 6.04 Å². The van der Waals surface area contributed by atoms with Crippen molar-refractivity contribution in [1.29, 1.82) is 0 Å². The molecule has 0 spiro atoms. The number of carbonyl (C=O) groups is 1. The second-order valence-electron chi connectivity index (χ2n) is 4.87. The summed E-state index contributed by atoms with van der Waals surface area (Å²) in [6, 6.07) is 0.0963. The van der Waals surface area contributed by atoms with Gasteiger partial charge in [0.25, 0.3) is 0 Å². The summed E-state index contributed by atoms with van der Waals surface area (Å²) in [7, 11) is 1.75. The Labute approximate surface area is 97.3 Å². The van der Waals surface area contributed by atoms with Crippen LogP contribution in [0.4, 0.5) is 0 Å². The minimum absolute atomic E-state index is 0.0963. The fraction of sp³-hybridized carbons (Fsp3) is 0.917. The van der Waals surface area contributed by atoms with Crippen LogP contribution in [-0.4, -0.2) is 50.2 Å². The number of ether oxygens (including phenoxy) is 1. The van der Waals surface area contributed by atoms with Crippen LogP contribution < -0.4 is 5.32 Å². The van der Waals surface area contributed by atoms with Gasteiger partial charge in [-0.3, -0.25) is 4.79 Å². The number of nitrogens with zero attached hydrogens (tertiary/aromatic N) is 1. The van der Waals surface area contributed by atoms with Crippen molar-refractivity contribution < 1.29 is 9.53 Å². The van der Waals surface area contributed by atoms with Crippen molar-refractivity contribution in [1.82, 2.24) is 10.2 Å². The van der Waals surface area contributed by atoms with Crippen LogP contribution >= 0.6 is 0 Å². The lowest BCUT2D eigenvalue weighted by atomic mass is 9.97. The molecule has 1 N–H and O–H groups in total. The van der Waals surface area contributed by atoms with Gasteiger partial charge in [-0.25, -0.2) is 0 Å². The Bertz CT molecular complexity index is 231. The normalized spacial score (nSPS) is 27.3. The molecule has 4 nitrogen and oxygen atoms in total. The molecule has 2 rings (SSSR count). The Kier molecular flexibility index (Phi) is 4.18. The first-order valence-corrected chi connectivity index (χ1v) is 6.32. The molecule has 0 aromatic rings. The second-order valence-corrected chi connectivity index (χ2v) is 4.87. The molecule has 2 heterocycles. The Morgan fingerprint density at radius 3 is 2.69 bits per heavy atom. The van der Waals surface area contributed by atoms with Gasteiger partial charge in [0.2, 0.25) is 5.91 Å². The Morgan fingerprint density at radius 1 is 1.38 bits per heavy atom. The number of likely N-dealkylation sites (tertiary alicyclic amines) is 1. The number of hydrogen-bond acceptors (Lipinski definition) is 3. The molecule has 0 radical (unpaired) electrons. The van der Waals surface area contributed by atoms with Gasteiger partial charge in [-0.15, -0.1) is 0 Å². The Hall–Kier alpha value is -0.610. The smallest absolute Gasteiger partial charge is 0.239 e. The van der Waals surface area contributed by atoms with Gasteiger partial charge < -0.3 is 15.0 Å². The van der Waals surface area contributed by atoms with E-state index < -0.39 is 0 Å². The van der Waals surface area contributed by atoms with E-state index in [4.69, 9.17) is 4.74 Å². The van der Waals surface area contributed by atoms with Gasteiger partial charge in [0.1, 0.15) is 0 Å². The van der Waals surface area contributed by atoms with Gasteiger partial charge in [-0.05, 0) is 38.1 Å². The first-order chi connectivity index (χ1) is 7.81. The van der Waals surface area contributed by atoms with Crippen LogP contribution in [-0.2, 0) is 9.53 Å². The Balaban J connectivity index is 1.77. The number of hydrogen-bond donors (Lipinski definition) is 1. The summed E-state index contributed by atoms with van der Waals surface area (Å²) in [4.78, 5) is 14.1. The third-order valence-electron chi connectivity index (χ3n) is 3.69. The SMILES string of the molecule is COCC1CCN(C(=O)[C@@H]2CCCN2)CC1. The molecule has 92 valence electrons. The topological polar surface area (TPSA) is 41.6 Å². The maximum absolute atomic E-state index is 12.1. The molecule has 0 saturated carbocycles. The summed E-state index contributed by atoms with van der Waals surface area (Å²) >= 11 is 0. The van der Waals surface area contributed by atoms with Gasteiger partial charge in [-0.2, -0.15) is 0 Å². The van der Waals surface area contributed by atoms with E-state index in [1.165, 1.54) is 0 Å². The lowest BCUT2D eigenvalue weighted by Gasteiger charge is -2.33. The zero-order chi connectivity index (χ0) is 11.4. The van der Waals surface area contributed by atoms with Gasteiger partial charge in [0, 0.05) is 26.8 Å². The first kappa shape index (κ1) is 11.9. The lowest BCUT2D eigenvalue weighted by Crippen LogP contribution is -2.47. The van der Waals surface area contributed by atoms with Gasteiger partial charge in [-0.1, -0.05) is 0 Å². The average molecular weight is 226 g/mol. The van der Waals surface area contributed by atoms with Crippen molar-refractivity contribution in [2.45, 2.75) is 31.7 Å². The predicted octanol–water partition coefficient (Wildman–Crippen LogP) is 0.623. The fourth-order valence-corrected chi connectivity index (χ4v) is 2.67. The maximum atomic E-state index is 12.1. The Morgan fingerprint density at radius 2 is 2.12 bits per heavy atom. The second kappa shape index (κ2) is 5.64. The van der Waals surface area contributed by atoms with Crippen molar-refractivity contribution in [2.24, 2.45) is 5.92 Å². The van der Waals surface area contributed by atoms with Crippen LogP contribution in [0, 0.1) is 5.92 Å². The average Bonchev–Trinajstić information content (AvgIpc) is 2.83. The monoisotopic (exact) mass is 226 g/mol. The minimum Gasteiger partial charge on any atom is -0.384 e. The van der Waals surface area contributed by atoms with Crippen molar-refractivity contribution in [3.05, 3.63) is 0 Å². The molecule has 1 atom stereocenters. The fourth-order valence-electron chi connectivity index (χ4n) is 2.67. The van der Waals surface area contributed by atoms with Crippen LogP contribution in [0.3, 0.4) is 0 Å². The van der Waals surface area contributed by atoms with Crippen LogP contribution in [0.5, 0.6) is 0 Å². The zero-order valence-corrected chi connectivity index (χ0v) is 10.1. The number of carbonyl (C=O) groups excluding carboxylic acids is 1. The van der Waals surface area contributed by atoms with Crippen molar-refractivity contribution in [2.75, 3.05) is 33.4 Å².